The fourth-order valence-electron chi connectivity index (χ4n) is 2.90. The standard InChI is InChI=1S/C19H28N2O5S/c1-3-4-10-20-18(22)14-26-19(23)17-13-16(9-8-15(17)2)27(24,25)21-11-6-5-7-12-21/h8-9,13H,3-7,10-12,14H2,1-2H3,(H,20,22). The molecule has 1 aromatic rings. The lowest BCUT2D eigenvalue weighted by molar-refractivity contribution is -0.124. The summed E-state index contributed by atoms with van der Waals surface area (Å²) in [6.45, 7) is 4.86. The molecule has 1 aliphatic heterocycles. The van der Waals surface area contributed by atoms with E-state index in [1.807, 2.05) is 6.92 Å². The maximum Gasteiger partial charge on any atom is 0.338 e. The Morgan fingerprint density at radius 1 is 1.19 bits per heavy atom. The Morgan fingerprint density at radius 3 is 2.56 bits per heavy atom. The average Bonchev–Trinajstić information content (AvgIpc) is 2.67. The van der Waals surface area contributed by atoms with Crippen LogP contribution in [-0.2, 0) is 19.6 Å². The predicted molar refractivity (Wildman–Crippen MR) is 102 cm³/mol. The minimum Gasteiger partial charge on any atom is -0.452 e. The highest BCUT2D eigenvalue weighted by molar-refractivity contribution is 7.89. The molecule has 0 radical (unpaired) electrons. The van der Waals surface area contributed by atoms with E-state index >= 15 is 0 Å². The van der Waals surface area contributed by atoms with Crippen molar-refractivity contribution in [2.75, 3.05) is 26.2 Å². The van der Waals surface area contributed by atoms with Gasteiger partial charge in [-0.3, -0.25) is 4.79 Å². The van der Waals surface area contributed by atoms with Gasteiger partial charge in [-0.2, -0.15) is 4.31 Å². The number of carbonyl (C=O) groups is 2. The molecule has 0 spiro atoms. The maximum absolute atomic E-state index is 12.8. The van der Waals surface area contributed by atoms with Crippen LogP contribution in [0.2, 0.25) is 0 Å². The molecule has 1 aromatic carbocycles. The lowest BCUT2D eigenvalue weighted by Gasteiger charge is -2.26. The van der Waals surface area contributed by atoms with Gasteiger partial charge in [0.1, 0.15) is 0 Å². The Morgan fingerprint density at radius 2 is 1.89 bits per heavy atom. The Hall–Kier alpha value is -1.93. The average molecular weight is 397 g/mol. The monoisotopic (exact) mass is 396 g/mol. The maximum atomic E-state index is 12.8. The number of sulfonamides is 1. The van der Waals surface area contributed by atoms with Crippen LogP contribution in [0.1, 0.15) is 54.9 Å². The van der Waals surface area contributed by atoms with E-state index in [1.165, 1.54) is 16.4 Å². The van der Waals surface area contributed by atoms with Crippen molar-refractivity contribution in [1.29, 1.82) is 0 Å². The number of esters is 1. The van der Waals surface area contributed by atoms with Gasteiger partial charge in [0.05, 0.1) is 10.5 Å². The number of amides is 1. The van der Waals surface area contributed by atoms with Gasteiger partial charge in [0.15, 0.2) is 6.61 Å². The van der Waals surface area contributed by atoms with Crippen molar-refractivity contribution >= 4 is 21.9 Å². The Kier molecular flexibility index (Phi) is 7.79. The first-order chi connectivity index (χ1) is 12.9. The van der Waals surface area contributed by atoms with E-state index in [-0.39, 0.29) is 23.0 Å². The molecule has 1 heterocycles. The molecule has 27 heavy (non-hydrogen) atoms. The van der Waals surface area contributed by atoms with Crippen molar-refractivity contribution in [1.82, 2.24) is 9.62 Å². The van der Waals surface area contributed by atoms with Gasteiger partial charge in [-0.1, -0.05) is 25.8 Å². The number of rotatable bonds is 8. The number of carbonyl (C=O) groups excluding carboxylic acids is 2. The van der Waals surface area contributed by atoms with Crippen molar-refractivity contribution in [2.45, 2.75) is 50.8 Å². The molecular weight excluding hydrogens is 368 g/mol. The Bertz CT molecular complexity index is 770. The fraction of sp³-hybridized carbons (Fsp3) is 0.579. The number of nitrogens with zero attached hydrogens (tertiary/aromatic N) is 1. The summed E-state index contributed by atoms with van der Waals surface area (Å²) in [5.74, 6) is -1.07. The molecule has 1 aliphatic rings. The first kappa shape index (κ1) is 21.4. The molecule has 0 saturated carbocycles. The van der Waals surface area contributed by atoms with Gasteiger partial charge in [-0.15, -0.1) is 0 Å². The van der Waals surface area contributed by atoms with Crippen LogP contribution in [0.25, 0.3) is 0 Å². The first-order valence-electron chi connectivity index (χ1n) is 9.41. The normalized spacial score (nSPS) is 15.3. The zero-order valence-corrected chi connectivity index (χ0v) is 16.8. The lowest BCUT2D eigenvalue weighted by atomic mass is 10.1. The number of benzene rings is 1. The highest BCUT2D eigenvalue weighted by Gasteiger charge is 2.27. The number of nitrogens with one attached hydrogen (secondary N) is 1. The third kappa shape index (κ3) is 5.77. The van der Waals surface area contributed by atoms with Crippen LogP contribution >= 0.6 is 0 Å². The molecule has 150 valence electrons. The van der Waals surface area contributed by atoms with Crippen molar-refractivity contribution in [3.63, 3.8) is 0 Å². The van der Waals surface area contributed by atoms with Crippen LogP contribution < -0.4 is 5.32 Å². The number of hydrogen-bond acceptors (Lipinski definition) is 5. The van der Waals surface area contributed by atoms with Crippen molar-refractivity contribution in [3.8, 4) is 0 Å². The van der Waals surface area contributed by atoms with Crippen molar-refractivity contribution in [2.24, 2.45) is 0 Å². The van der Waals surface area contributed by atoms with Gasteiger partial charge in [-0.05, 0) is 43.9 Å². The highest BCUT2D eigenvalue weighted by atomic mass is 32.2. The minimum atomic E-state index is -3.63. The molecule has 0 aliphatic carbocycles. The van der Waals surface area contributed by atoms with Crippen molar-refractivity contribution < 1.29 is 22.7 Å². The van der Waals surface area contributed by atoms with E-state index in [1.54, 1.807) is 13.0 Å². The van der Waals surface area contributed by atoms with E-state index in [4.69, 9.17) is 4.74 Å². The summed E-state index contributed by atoms with van der Waals surface area (Å²) < 4.78 is 32.1. The molecule has 1 N–H and O–H groups in total. The molecule has 0 bridgehead atoms. The minimum absolute atomic E-state index is 0.0781. The zero-order chi connectivity index (χ0) is 19.9. The molecule has 0 atom stereocenters. The van der Waals surface area contributed by atoms with Gasteiger partial charge >= 0.3 is 5.97 Å². The van der Waals surface area contributed by atoms with Gasteiger partial charge < -0.3 is 10.1 Å². The smallest absolute Gasteiger partial charge is 0.338 e. The molecule has 2 rings (SSSR count). The molecule has 8 heteroatoms. The first-order valence-corrected chi connectivity index (χ1v) is 10.8. The van der Waals surface area contributed by atoms with Gasteiger partial charge in [-0.25, -0.2) is 13.2 Å². The summed E-state index contributed by atoms with van der Waals surface area (Å²) in [6, 6.07) is 4.44. The predicted octanol–water partition coefficient (Wildman–Crippen LogP) is 2.24. The molecular formula is C19H28N2O5S. The van der Waals surface area contributed by atoms with Crippen LogP contribution in [-0.4, -0.2) is 50.8 Å². The van der Waals surface area contributed by atoms with Crippen molar-refractivity contribution in [3.05, 3.63) is 29.3 Å². The van der Waals surface area contributed by atoms with E-state index in [9.17, 15) is 18.0 Å². The summed E-state index contributed by atoms with van der Waals surface area (Å²) in [5, 5.41) is 2.66. The molecule has 0 aromatic heterocycles. The molecule has 1 fully saturated rings. The molecule has 7 nitrogen and oxygen atoms in total. The SMILES string of the molecule is CCCCNC(=O)COC(=O)c1cc(S(=O)(=O)N2CCCCC2)ccc1C. The van der Waals surface area contributed by atoms with Crippen LogP contribution in [0, 0.1) is 6.92 Å². The summed E-state index contributed by atoms with van der Waals surface area (Å²) in [6.07, 6.45) is 4.52. The Balaban J connectivity index is 2.07. The van der Waals surface area contributed by atoms with Crippen LogP contribution in [0.15, 0.2) is 23.1 Å². The lowest BCUT2D eigenvalue weighted by Crippen LogP contribution is -2.35. The second kappa shape index (κ2) is 9.85. The van der Waals surface area contributed by atoms with E-state index in [0.717, 1.165) is 32.1 Å². The largest absolute Gasteiger partial charge is 0.452 e. The van der Waals surface area contributed by atoms with Gasteiger partial charge in [0.25, 0.3) is 5.91 Å². The van der Waals surface area contributed by atoms with Crippen LogP contribution in [0.3, 0.4) is 0 Å². The number of piperidine rings is 1. The molecule has 1 saturated heterocycles. The van der Waals surface area contributed by atoms with Gasteiger partial charge in [0, 0.05) is 19.6 Å². The number of ether oxygens (including phenoxy) is 1. The highest BCUT2D eigenvalue weighted by Crippen LogP contribution is 2.23. The number of hydrogen-bond donors (Lipinski definition) is 1. The van der Waals surface area contributed by atoms with E-state index < -0.39 is 16.0 Å². The molecule has 1 amide bonds. The Labute approximate surface area is 161 Å². The van der Waals surface area contributed by atoms with Crippen LogP contribution in [0.4, 0.5) is 0 Å². The quantitative estimate of drug-likeness (QED) is 0.537. The van der Waals surface area contributed by atoms with E-state index in [2.05, 4.69) is 5.32 Å². The van der Waals surface area contributed by atoms with Gasteiger partial charge in [0.2, 0.25) is 10.0 Å². The van der Waals surface area contributed by atoms with E-state index in [0.29, 0.717) is 25.2 Å². The molecule has 0 unspecified atom stereocenters. The third-order valence-electron chi connectivity index (χ3n) is 4.57. The summed E-state index contributed by atoms with van der Waals surface area (Å²) >= 11 is 0. The summed E-state index contributed by atoms with van der Waals surface area (Å²) in [5.41, 5.74) is 0.762. The second-order valence-corrected chi connectivity index (χ2v) is 8.66. The summed E-state index contributed by atoms with van der Waals surface area (Å²) in [7, 11) is -3.63. The number of unbranched alkanes of at least 4 members (excludes halogenated alkanes) is 1. The topological polar surface area (TPSA) is 92.8 Å². The zero-order valence-electron chi connectivity index (χ0n) is 16.0. The summed E-state index contributed by atoms with van der Waals surface area (Å²) in [4.78, 5) is 24.1. The fourth-order valence-corrected chi connectivity index (χ4v) is 4.44. The second-order valence-electron chi connectivity index (χ2n) is 6.72. The third-order valence-corrected chi connectivity index (χ3v) is 6.46. The number of aryl methyl sites for hydroxylation is 1. The van der Waals surface area contributed by atoms with Crippen LogP contribution in [0.5, 0.6) is 0 Å².